The fourth-order valence-electron chi connectivity index (χ4n) is 4.19. The van der Waals surface area contributed by atoms with E-state index in [9.17, 15) is 28.3 Å². The van der Waals surface area contributed by atoms with Crippen LogP contribution in [0.4, 0.5) is 5.95 Å². The first-order valence-electron chi connectivity index (χ1n) is 13.5. The monoisotopic (exact) mass is 745 g/mol. The van der Waals surface area contributed by atoms with Gasteiger partial charge in [-0.2, -0.15) is 4.98 Å². The highest BCUT2D eigenvalue weighted by Gasteiger charge is 2.42. The molecular formula is C24H38N5O12P3S2. The molecule has 3 heterocycles. The Balaban J connectivity index is 1.79. The first-order chi connectivity index (χ1) is 21.4. The van der Waals surface area contributed by atoms with Crippen LogP contribution < -0.4 is 17.0 Å². The molecule has 0 amide bonds. The molecule has 2 aromatic rings. The molecule has 3 rings (SSSR count). The number of nitrogens with one attached hydrogen (secondary N) is 1. The van der Waals surface area contributed by atoms with Gasteiger partial charge in [0.2, 0.25) is 13.3 Å². The van der Waals surface area contributed by atoms with Crippen molar-refractivity contribution < 1.29 is 52.0 Å². The quantitative estimate of drug-likeness (QED) is 0.0305. The number of anilines is 1. The summed E-state index contributed by atoms with van der Waals surface area (Å²) in [5.41, 5.74) is 11.5. The van der Waals surface area contributed by atoms with E-state index < -0.39 is 65.0 Å². The Morgan fingerprint density at radius 1 is 1.28 bits per heavy atom. The van der Waals surface area contributed by atoms with Crippen LogP contribution in [0.2, 0.25) is 0 Å². The molecule has 0 saturated carbocycles. The summed E-state index contributed by atoms with van der Waals surface area (Å²) in [6.45, 7) is 7.74. The minimum atomic E-state index is -4.94. The average molecular weight is 746 g/mol. The van der Waals surface area contributed by atoms with Crippen LogP contribution in [0.25, 0.3) is 11.0 Å². The third-order valence-corrected chi connectivity index (χ3v) is 16.2. The summed E-state index contributed by atoms with van der Waals surface area (Å²) in [7, 11) is -11.4. The van der Waals surface area contributed by atoms with Gasteiger partial charge in [-0.25, -0.2) is 0 Å². The van der Waals surface area contributed by atoms with Crippen molar-refractivity contribution in [1.29, 1.82) is 0 Å². The van der Waals surface area contributed by atoms with Crippen LogP contribution in [-0.2, 0) is 32.4 Å². The van der Waals surface area contributed by atoms with Crippen LogP contribution in [0.5, 0.6) is 0 Å². The van der Waals surface area contributed by atoms with Crippen LogP contribution in [0.3, 0.4) is 0 Å². The van der Waals surface area contributed by atoms with E-state index in [2.05, 4.69) is 28.4 Å². The molecule has 1 aliphatic rings. The van der Waals surface area contributed by atoms with E-state index in [1.54, 1.807) is 17.0 Å². The Bertz CT molecular complexity index is 1650. The summed E-state index contributed by atoms with van der Waals surface area (Å²) in [6, 6.07) is 0. The topological polar surface area (TPSA) is 272 Å². The van der Waals surface area contributed by atoms with Gasteiger partial charge >= 0.3 is 15.2 Å². The van der Waals surface area contributed by atoms with E-state index in [-0.39, 0.29) is 41.4 Å². The van der Waals surface area contributed by atoms with E-state index in [1.165, 1.54) is 21.4 Å². The second kappa shape index (κ2) is 16.3. The van der Waals surface area contributed by atoms with Gasteiger partial charge < -0.3 is 54.3 Å². The maximum Gasteiger partial charge on any atom is 0.337 e. The fraction of sp³-hybridized carbons (Fsp3) is 0.583. The number of aromatic amines is 1. The molecule has 0 aliphatic carbocycles. The smallest absolute Gasteiger partial charge is 0.337 e. The van der Waals surface area contributed by atoms with Gasteiger partial charge in [-0.3, -0.25) is 23.5 Å². The number of H-pyrrole nitrogens is 1. The highest BCUT2D eigenvalue weighted by Crippen LogP contribution is 2.63. The number of rotatable bonds is 17. The van der Waals surface area contributed by atoms with Crippen molar-refractivity contribution in [2.75, 3.05) is 49.8 Å². The Morgan fingerprint density at radius 3 is 2.65 bits per heavy atom. The van der Waals surface area contributed by atoms with Gasteiger partial charge in [0.25, 0.3) is 5.56 Å². The summed E-state index contributed by atoms with van der Waals surface area (Å²) >= 11 is 0. The van der Waals surface area contributed by atoms with Crippen LogP contribution in [-0.4, -0.2) is 95.2 Å². The molecule has 5 atom stereocenters. The number of ether oxygens (including phenoxy) is 3. The minimum absolute atomic E-state index is 0.0799. The average Bonchev–Trinajstić information content (AvgIpc) is 3.49. The predicted octanol–water partition coefficient (Wildman–Crippen LogP) is 2.17. The lowest BCUT2D eigenvalue weighted by Gasteiger charge is -2.21. The first kappa shape index (κ1) is 39.0. The predicted molar refractivity (Wildman–Crippen MR) is 177 cm³/mol. The van der Waals surface area contributed by atoms with Crippen molar-refractivity contribution >= 4 is 61.1 Å². The number of aromatic nitrogens is 3. The summed E-state index contributed by atoms with van der Waals surface area (Å²) in [5, 5.41) is 0.145. The van der Waals surface area contributed by atoms with Crippen molar-refractivity contribution in [3.8, 4) is 11.8 Å². The van der Waals surface area contributed by atoms with Gasteiger partial charge in [-0.05, 0) is 13.8 Å². The lowest BCUT2D eigenvalue weighted by Crippen LogP contribution is -2.29. The van der Waals surface area contributed by atoms with Gasteiger partial charge in [0, 0.05) is 23.9 Å². The maximum absolute atomic E-state index is 12.9. The lowest BCUT2D eigenvalue weighted by atomic mass is 10.2. The molecule has 22 heteroatoms. The van der Waals surface area contributed by atoms with Gasteiger partial charge in [0.15, 0.2) is 5.65 Å². The molecule has 0 spiro atoms. The molecule has 2 aromatic heterocycles. The van der Waals surface area contributed by atoms with Gasteiger partial charge in [0.1, 0.15) is 36.7 Å². The fourth-order valence-corrected chi connectivity index (χ4v) is 12.7. The zero-order chi connectivity index (χ0) is 34.3. The molecule has 46 heavy (non-hydrogen) atoms. The van der Waals surface area contributed by atoms with Gasteiger partial charge in [-0.1, -0.05) is 39.5 Å². The molecule has 258 valence electrons. The maximum atomic E-state index is 12.9. The third kappa shape index (κ3) is 11.9. The molecule has 1 aliphatic heterocycles. The van der Waals surface area contributed by atoms with Crippen LogP contribution in [0, 0.1) is 11.8 Å². The van der Waals surface area contributed by atoms with E-state index in [4.69, 9.17) is 40.0 Å². The zero-order valence-corrected chi connectivity index (χ0v) is 29.3. The number of hydrogen-bond donors (Lipinski definition) is 7. The normalized spacial score (nSPS) is 21.4. The van der Waals surface area contributed by atoms with E-state index >= 15 is 0 Å². The highest BCUT2D eigenvalue weighted by molar-refractivity contribution is 8.77. The Morgan fingerprint density at radius 2 is 2.00 bits per heavy atom. The summed E-state index contributed by atoms with van der Waals surface area (Å²) in [5.74, 6) is 3.16. The van der Waals surface area contributed by atoms with Crippen LogP contribution in [0.1, 0.15) is 32.1 Å². The summed E-state index contributed by atoms with van der Waals surface area (Å²) in [6.07, 6.45) is 0.597. The molecule has 1 saturated heterocycles. The second-order valence-electron chi connectivity index (χ2n) is 10.8. The van der Waals surface area contributed by atoms with Crippen molar-refractivity contribution in [3.63, 3.8) is 0 Å². The molecule has 0 radical (unpaired) electrons. The molecule has 1 fully saturated rings. The van der Waals surface area contributed by atoms with Crippen molar-refractivity contribution in [2.24, 2.45) is 5.73 Å². The lowest BCUT2D eigenvalue weighted by molar-refractivity contribution is -0.0525. The van der Waals surface area contributed by atoms with Crippen LogP contribution >= 0.6 is 44.1 Å². The summed E-state index contributed by atoms with van der Waals surface area (Å²) in [4.78, 5) is 57.6. The SMILES string of the molecule is C=CCOC1C[C@H](n2cc(C#CCOCSSC(C)(C)CN)c3c(=O)[nH]c(N)nc32)O[C@@H]1COP(=O)(O)CP(=O)(O)CP(=O)(O)O. The molecule has 9 N–H and O–H groups in total. The molecule has 0 bridgehead atoms. The second-order valence-corrected chi connectivity index (χ2v) is 20.6. The molecule has 0 aromatic carbocycles. The van der Waals surface area contributed by atoms with Crippen molar-refractivity contribution in [1.82, 2.24) is 14.5 Å². The number of nitrogens with two attached hydrogens (primary N) is 2. The van der Waals surface area contributed by atoms with E-state index in [0.29, 0.717) is 18.0 Å². The Hall–Kier alpha value is -1.45. The van der Waals surface area contributed by atoms with E-state index in [0.717, 1.165) is 0 Å². The number of hydrogen-bond acceptors (Lipinski definition) is 13. The van der Waals surface area contributed by atoms with Gasteiger partial charge in [0.05, 0.1) is 30.3 Å². The van der Waals surface area contributed by atoms with Gasteiger partial charge in [-0.15, -0.1) is 6.58 Å². The molecule has 17 nitrogen and oxygen atoms in total. The molecular weight excluding hydrogens is 707 g/mol. The molecule has 3 unspecified atom stereocenters. The number of nitrogen functional groups attached to an aromatic ring is 1. The Kier molecular flexibility index (Phi) is 13.8. The highest BCUT2D eigenvalue weighted by atomic mass is 33.1. The van der Waals surface area contributed by atoms with Crippen molar-refractivity contribution in [3.05, 3.63) is 34.8 Å². The van der Waals surface area contributed by atoms with Crippen molar-refractivity contribution in [2.45, 2.75) is 43.5 Å². The van der Waals surface area contributed by atoms with E-state index in [1.807, 2.05) is 13.8 Å². The standard InChI is InChI=1S/C24H38N5O12P3S2/c1-4-7-39-17-9-19(41-18(17)11-40-44(36,37)15-42(31,32)14-43(33,34)35)29-10-16(20-21(29)27-23(26)28-22(20)30)6-5-8-38-13-45-46-24(2,3)12-25/h4,10,17-19H,1,7-9,11-15,25H2,2-3H3,(H,31,32)(H,36,37)(H2,33,34,35)(H3,26,27,28,30)/t17?,18-,19-/m1/s1. The zero-order valence-electron chi connectivity index (χ0n) is 25.0. The largest absolute Gasteiger partial charge is 0.371 e. The first-order valence-corrected chi connectivity index (χ1v) is 21.4. The number of nitrogens with zero attached hydrogens (tertiary/aromatic N) is 2. The van der Waals surface area contributed by atoms with Crippen LogP contribution in [0.15, 0.2) is 23.6 Å². The minimum Gasteiger partial charge on any atom is -0.371 e. The summed E-state index contributed by atoms with van der Waals surface area (Å²) < 4.78 is 59.8. The number of fused-ring (bicyclic) bond motifs is 1. The Labute approximate surface area is 272 Å². The third-order valence-electron chi connectivity index (χ3n) is 6.17.